The molecule has 1 amide bonds. The largest absolute Gasteiger partial charge is 0.350 e. The number of halogens is 1. The molecular weight excluding hydrogens is 166 g/mol. The van der Waals surface area contributed by atoms with Crippen LogP contribution in [-0.4, -0.2) is 24.0 Å². The molecule has 0 radical (unpaired) electrons. The maximum absolute atomic E-state index is 10.8. The average Bonchev–Trinajstić information content (AvgIpc) is 2.46. The fourth-order valence-corrected chi connectivity index (χ4v) is 0.695. The van der Waals surface area contributed by atoms with Gasteiger partial charge in [0.15, 0.2) is 0 Å². The molecule has 1 fully saturated rings. The lowest BCUT2D eigenvalue weighted by Gasteiger charge is -2.05. The van der Waals surface area contributed by atoms with Crippen molar-refractivity contribution in [2.45, 2.75) is 31.5 Å². The van der Waals surface area contributed by atoms with Gasteiger partial charge in [0.05, 0.1) is 6.04 Å². The van der Waals surface area contributed by atoms with Gasteiger partial charge in [-0.1, -0.05) is 0 Å². The molecule has 1 saturated carbocycles. The Morgan fingerprint density at radius 2 is 2.18 bits per heavy atom. The number of hydrogen-bond acceptors (Lipinski definition) is 3. The Balaban J connectivity index is 0.000001000. The van der Waals surface area contributed by atoms with Crippen molar-refractivity contribution >= 4 is 18.3 Å². The number of rotatable bonds is 2. The van der Waals surface area contributed by atoms with Crippen LogP contribution in [0, 0.1) is 0 Å². The molecule has 66 valence electrons. The zero-order chi connectivity index (χ0) is 7.72. The molecule has 0 heterocycles. The molecule has 3 unspecified atom stereocenters. The Labute approximate surface area is 72.1 Å². The van der Waals surface area contributed by atoms with Gasteiger partial charge >= 0.3 is 0 Å². The molecule has 1 rings (SSSR count). The molecule has 0 aromatic rings. The molecule has 1 aliphatic carbocycles. The van der Waals surface area contributed by atoms with Crippen molar-refractivity contribution < 1.29 is 4.79 Å². The van der Waals surface area contributed by atoms with Crippen LogP contribution in [0.3, 0.4) is 0 Å². The first kappa shape index (κ1) is 10.7. The van der Waals surface area contributed by atoms with Crippen molar-refractivity contribution in [3.8, 4) is 0 Å². The predicted molar refractivity (Wildman–Crippen MR) is 45.4 cm³/mol. The van der Waals surface area contributed by atoms with E-state index in [1.54, 1.807) is 6.92 Å². The minimum atomic E-state index is -0.423. The van der Waals surface area contributed by atoms with Crippen LogP contribution in [0.5, 0.6) is 0 Å². The highest BCUT2D eigenvalue weighted by atomic mass is 35.5. The summed E-state index contributed by atoms with van der Waals surface area (Å²) >= 11 is 0. The van der Waals surface area contributed by atoms with Crippen LogP contribution < -0.4 is 16.8 Å². The topological polar surface area (TPSA) is 81.1 Å². The van der Waals surface area contributed by atoms with Crippen LogP contribution in [0.2, 0.25) is 0 Å². The number of carbonyl (C=O) groups excluding carboxylic acids is 1. The molecule has 0 bridgehead atoms. The maximum Gasteiger partial charge on any atom is 0.236 e. The van der Waals surface area contributed by atoms with E-state index in [1.165, 1.54) is 0 Å². The average molecular weight is 180 g/mol. The lowest BCUT2D eigenvalue weighted by molar-refractivity contribution is -0.122. The second-order valence-electron chi connectivity index (χ2n) is 2.80. The first-order valence-corrected chi connectivity index (χ1v) is 3.43. The minimum absolute atomic E-state index is 0. The Hall–Kier alpha value is -0.320. The van der Waals surface area contributed by atoms with Crippen LogP contribution in [0.1, 0.15) is 13.3 Å². The van der Waals surface area contributed by atoms with Gasteiger partial charge in [-0.05, 0) is 13.3 Å². The highest BCUT2D eigenvalue weighted by Gasteiger charge is 2.34. The molecule has 5 N–H and O–H groups in total. The molecule has 5 heteroatoms. The van der Waals surface area contributed by atoms with Crippen molar-refractivity contribution in [3.63, 3.8) is 0 Å². The Morgan fingerprint density at radius 1 is 1.73 bits per heavy atom. The van der Waals surface area contributed by atoms with E-state index < -0.39 is 6.04 Å². The third-order valence-electron chi connectivity index (χ3n) is 1.58. The van der Waals surface area contributed by atoms with E-state index in [4.69, 9.17) is 11.5 Å². The molecule has 3 atom stereocenters. The second-order valence-corrected chi connectivity index (χ2v) is 2.80. The summed E-state index contributed by atoms with van der Waals surface area (Å²) in [5.41, 5.74) is 10.8. The van der Waals surface area contributed by atoms with Crippen molar-refractivity contribution in [2.24, 2.45) is 11.5 Å². The standard InChI is InChI=1S/C6H13N3O.ClH/c1-3(7)6(10)9-5-2-4(5)8;/h3-5H,2,7-8H2,1H3,(H,9,10);1H. The third kappa shape index (κ3) is 3.05. The van der Waals surface area contributed by atoms with E-state index >= 15 is 0 Å². The smallest absolute Gasteiger partial charge is 0.236 e. The summed E-state index contributed by atoms with van der Waals surface area (Å²) < 4.78 is 0. The SMILES string of the molecule is CC(N)C(=O)NC1CC1N.Cl. The van der Waals surface area contributed by atoms with Gasteiger partial charge in [-0.2, -0.15) is 0 Å². The van der Waals surface area contributed by atoms with Crippen LogP contribution in [0.4, 0.5) is 0 Å². The minimum Gasteiger partial charge on any atom is -0.350 e. The summed E-state index contributed by atoms with van der Waals surface area (Å²) in [6.07, 6.45) is 0.887. The summed E-state index contributed by atoms with van der Waals surface area (Å²) in [5.74, 6) is -0.113. The fraction of sp³-hybridized carbons (Fsp3) is 0.833. The molecule has 1 aliphatic rings. The number of nitrogens with two attached hydrogens (primary N) is 2. The first-order valence-electron chi connectivity index (χ1n) is 3.43. The van der Waals surface area contributed by atoms with E-state index in [2.05, 4.69) is 5.32 Å². The monoisotopic (exact) mass is 179 g/mol. The van der Waals surface area contributed by atoms with E-state index in [9.17, 15) is 4.79 Å². The summed E-state index contributed by atoms with van der Waals surface area (Å²) in [4.78, 5) is 10.8. The maximum atomic E-state index is 10.8. The quantitative estimate of drug-likeness (QED) is 0.507. The molecule has 0 aromatic carbocycles. The summed E-state index contributed by atoms with van der Waals surface area (Å²) in [6.45, 7) is 1.66. The molecule has 4 nitrogen and oxygen atoms in total. The normalized spacial score (nSPS) is 30.1. The van der Waals surface area contributed by atoms with Crippen LogP contribution >= 0.6 is 12.4 Å². The van der Waals surface area contributed by atoms with Gasteiger partial charge in [-0.3, -0.25) is 4.79 Å². The number of hydrogen-bond donors (Lipinski definition) is 3. The molecule has 0 aliphatic heterocycles. The molecular formula is C6H14ClN3O. The van der Waals surface area contributed by atoms with Crippen LogP contribution in [0.15, 0.2) is 0 Å². The van der Waals surface area contributed by atoms with E-state index in [-0.39, 0.29) is 30.4 Å². The van der Waals surface area contributed by atoms with Gasteiger partial charge in [0.2, 0.25) is 5.91 Å². The van der Waals surface area contributed by atoms with E-state index in [0.29, 0.717) is 0 Å². The van der Waals surface area contributed by atoms with Gasteiger partial charge < -0.3 is 16.8 Å². The zero-order valence-electron chi connectivity index (χ0n) is 6.41. The summed E-state index contributed by atoms with van der Waals surface area (Å²) in [5, 5.41) is 2.71. The molecule has 0 spiro atoms. The molecule has 11 heavy (non-hydrogen) atoms. The van der Waals surface area contributed by atoms with Gasteiger partial charge in [0, 0.05) is 12.1 Å². The van der Waals surface area contributed by atoms with E-state index in [1.807, 2.05) is 0 Å². The summed E-state index contributed by atoms with van der Waals surface area (Å²) in [6, 6.07) is -0.0889. The van der Waals surface area contributed by atoms with Crippen molar-refractivity contribution in [1.82, 2.24) is 5.32 Å². The van der Waals surface area contributed by atoms with E-state index in [0.717, 1.165) is 6.42 Å². The van der Waals surface area contributed by atoms with Gasteiger partial charge in [-0.25, -0.2) is 0 Å². The third-order valence-corrected chi connectivity index (χ3v) is 1.58. The number of amides is 1. The molecule has 0 saturated heterocycles. The zero-order valence-corrected chi connectivity index (χ0v) is 7.23. The summed E-state index contributed by atoms with van der Waals surface area (Å²) in [7, 11) is 0. The fourth-order valence-electron chi connectivity index (χ4n) is 0.695. The lowest BCUT2D eigenvalue weighted by Crippen LogP contribution is -2.40. The number of carbonyl (C=O) groups is 1. The van der Waals surface area contributed by atoms with Crippen molar-refractivity contribution in [3.05, 3.63) is 0 Å². The van der Waals surface area contributed by atoms with Gasteiger partial charge in [0.1, 0.15) is 0 Å². The van der Waals surface area contributed by atoms with Gasteiger partial charge in [-0.15, -0.1) is 12.4 Å². The highest BCUT2D eigenvalue weighted by molar-refractivity contribution is 5.85. The van der Waals surface area contributed by atoms with Crippen molar-refractivity contribution in [1.29, 1.82) is 0 Å². The Bertz CT molecular complexity index is 151. The number of nitrogens with one attached hydrogen (secondary N) is 1. The van der Waals surface area contributed by atoms with Gasteiger partial charge in [0.25, 0.3) is 0 Å². The Kier molecular flexibility index (Phi) is 3.78. The Morgan fingerprint density at radius 3 is 2.45 bits per heavy atom. The highest BCUT2D eigenvalue weighted by Crippen LogP contribution is 2.17. The molecule has 0 aromatic heterocycles. The first-order chi connectivity index (χ1) is 4.61. The van der Waals surface area contributed by atoms with Crippen LogP contribution in [0.25, 0.3) is 0 Å². The second kappa shape index (κ2) is 3.90. The lowest BCUT2D eigenvalue weighted by atomic mass is 10.3. The van der Waals surface area contributed by atoms with Crippen molar-refractivity contribution in [2.75, 3.05) is 0 Å². The van der Waals surface area contributed by atoms with Crippen LogP contribution in [-0.2, 0) is 4.79 Å². The predicted octanol–water partition coefficient (Wildman–Crippen LogP) is -1.03.